The van der Waals surface area contributed by atoms with Crippen LogP contribution in [-0.2, 0) is 11.2 Å². The van der Waals surface area contributed by atoms with Gasteiger partial charge in [-0.1, -0.05) is 0 Å². The highest BCUT2D eigenvalue weighted by Gasteiger charge is 2.13. The molecule has 2 aromatic heterocycles. The van der Waals surface area contributed by atoms with Gasteiger partial charge in [0, 0.05) is 31.5 Å². The number of carbonyl (C=O) groups is 1. The van der Waals surface area contributed by atoms with Crippen LogP contribution in [-0.4, -0.2) is 15.9 Å². The van der Waals surface area contributed by atoms with Crippen LogP contribution in [0.2, 0.25) is 0 Å². The fourth-order valence-corrected chi connectivity index (χ4v) is 2.80. The maximum atomic E-state index is 13.8. The van der Waals surface area contributed by atoms with Crippen molar-refractivity contribution in [3.8, 4) is 11.3 Å². The second kappa shape index (κ2) is 7.22. The predicted octanol–water partition coefficient (Wildman–Crippen LogP) is 4.64. The normalized spacial score (nSPS) is 11.1. The smallest absolute Gasteiger partial charge is 0.224 e. The van der Waals surface area contributed by atoms with E-state index in [9.17, 15) is 13.6 Å². The summed E-state index contributed by atoms with van der Waals surface area (Å²) < 4.78 is 37.7. The van der Waals surface area contributed by atoms with Crippen LogP contribution in [0.3, 0.4) is 0 Å². The minimum atomic E-state index is -0.737. The van der Waals surface area contributed by atoms with E-state index in [-0.39, 0.29) is 36.0 Å². The SMILES string of the molecule is Cc1nc2cc(NC(=O)CCc3ncc(-c4ccc(F)cc4F)o3)ccc2o1. The molecule has 4 aromatic rings. The number of anilines is 1. The zero-order chi connectivity index (χ0) is 19.7. The van der Waals surface area contributed by atoms with Gasteiger partial charge in [0.05, 0.1) is 11.8 Å². The van der Waals surface area contributed by atoms with Crippen molar-refractivity contribution in [1.29, 1.82) is 0 Å². The van der Waals surface area contributed by atoms with Gasteiger partial charge in [-0.05, 0) is 30.3 Å². The van der Waals surface area contributed by atoms with E-state index in [4.69, 9.17) is 8.83 Å². The van der Waals surface area contributed by atoms with Gasteiger partial charge < -0.3 is 14.2 Å². The molecule has 0 unspecified atom stereocenters. The Morgan fingerprint density at radius 1 is 1.14 bits per heavy atom. The maximum Gasteiger partial charge on any atom is 0.224 e. The molecule has 1 N–H and O–H groups in total. The van der Waals surface area contributed by atoms with Crippen LogP contribution in [0.4, 0.5) is 14.5 Å². The van der Waals surface area contributed by atoms with Gasteiger partial charge in [-0.3, -0.25) is 4.79 Å². The number of amides is 1. The summed E-state index contributed by atoms with van der Waals surface area (Å²) in [6.07, 6.45) is 1.71. The third kappa shape index (κ3) is 3.75. The molecule has 0 atom stereocenters. The Morgan fingerprint density at radius 3 is 2.82 bits per heavy atom. The Bertz CT molecular complexity index is 1170. The molecule has 28 heavy (non-hydrogen) atoms. The molecule has 0 radical (unpaired) electrons. The van der Waals surface area contributed by atoms with E-state index in [0.29, 0.717) is 22.7 Å². The molecule has 2 heterocycles. The molecule has 1 amide bonds. The van der Waals surface area contributed by atoms with Crippen molar-refractivity contribution in [3.05, 3.63) is 66.0 Å². The average Bonchev–Trinajstić information content (AvgIpc) is 3.25. The molecule has 0 aliphatic rings. The first-order chi connectivity index (χ1) is 13.5. The first-order valence-electron chi connectivity index (χ1n) is 8.55. The zero-order valence-electron chi connectivity index (χ0n) is 14.8. The predicted molar refractivity (Wildman–Crippen MR) is 97.6 cm³/mol. The molecule has 8 heteroatoms. The molecular weight excluding hydrogens is 368 g/mol. The van der Waals surface area contributed by atoms with E-state index in [1.807, 2.05) is 0 Å². The van der Waals surface area contributed by atoms with E-state index < -0.39 is 11.6 Å². The first kappa shape index (κ1) is 17.8. The van der Waals surface area contributed by atoms with E-state index >= 15 is 0 Å². The summed E-state index contributed by atoms with van der Waals surface area (Å²) in [5, 5.41) is 2.78. The molecule has 0 aliphatic heterocycles. The number of nitrogens with zero attached hydrogens (tertiary/aromatic N) is 2. The lowest BCUT2D eigenvalue weighted by Gasteiger charge is -2.04. The Kier molecular flexibility index (Phi) is 4.60. The number of benzene rings is 2. The van der Waals surface area contributed by atoms with E-state index in [0.717, 1.165) is 12.1 Å². The highest BCUT2D eigenvalue weighted by Crippen LogP contribution is 2.25. The van der Waals surface area contributed by atoms with Crippen molar-refractivity contribution < 1.29 is 22.4 Å². The second-order valence-electron chi connectivity index (χ2n) is 6.21. The van der Waals surface area contributed by atoms with Gasteiger partial charge in [0.25, 0.3) is 0 Å². The fourth-order valence-electron chi connectivity index (χ4n) is 2.80. The molecular formula is C20H15F2N3O3. The van der Waals surface area contributed by atoms with Crippen molar-refractivity contribution in [2.75, 3.05) is 5.32 Å². The Balaban J connectivity index is 1.38. The topological polar surface area (TPSA) is 81.2 Å². The summed E-state index contributed by atoms with van der Waals surface area (Å²) >= 11 is 0. The van der Waals surface area contributed by atoms with Gasteiger partial charge in [0.2, 0.25) is 5.91 Å². The van der Waals surface area contributed by atoms with E-state index in [1.54, 1.807) is 25.1 Å². The lowest BCUT2D eigenvalue weighted by atomic mass is 10.2. The van der Waals surface area contributed by atoms with Gasteiger partial charge in [0.15, 0.2) is 23.1 Å². The third-order valence-electron chi connectivity index (χ3n) is 4.09. The summed E-state index contributed by atoms with van der Waals surface area (Å²) in [7, 11) is 0. The molecule has 0 saturated heterocycles. The number of rotatable bonds is 5. The minimum absolute atomic E-state index is 0.112. The second-order valence-corrected chi connectivity index (χ2v) is 6.21. The van der Waals surface area contributed by atoms with Crippen molar-refractivity contribution in [3.63, 3.8) is 0 Å². The van der Waals surface area contributed by atoms with Crippen LogP contribution in [0.15, 0.2) is 51.4 Å². The molecule has 0 saturated carbocycles. The van der Waals surface area contributed by atoms with Gasteiger partial charge in [0.1, 0.15) is 17.2 Å². The molecule has 0 bridgehead atoms. The summed E-state index contributed by atoms with van der Waals surface area (Å²) in [5.74, 6) is -0.616. The monoisotopic (exact) mass is 383 g/mol. The highest BCUT2D eigenvalue weighted by atomic mass is 19.1. The van der Waals surface area contributed by atoms with Crippen molar-refractivity contribution in [1.82, 2.24) is 9.97 Å². The molecule has 6 nitrogen and oxygen atoms in total. The standard InChI is InChI=1S/C20H15F2N3O3/c1-11-24-16-9-13(3-5-17(16)27-11)25-19(26)6-7-20-23-10-18(28-20)14-4-2-12(21)8-15(14)22/h2-5,8-10H,6-7H2,1H3,(H,25,26). The van der Waals surface area contributed by atoms with E-state index in [1.165, 1.54) is 12.3 Å². The number of aryl methyl sites for hydroxylation is 2. The quantitative estimate of drug-likeness (QED) is 0.543. The Hall–Kier alpha value is -3.55. The van der Waals surface area contributed by atoms with Crippen LogP contribution < -0.4 is 5.32 Å². The zero-order valence-corrected chi connectivity index (χ0v) is 14.8. The Labute approximate surface area is 158 Å². The van der Waals surface area contributed by atoms with Gasteiger partial charge >= 0.3 is 0 Å². The number of hydrogen-bond acceptors (Lipinski definition) is 5. The summed E-state index contributed by atoms with van der Waals surface area (Å²) in [6, 6.07) is 8.39. The number of aromatic nitrogens is 2. The summed E-state index contributed by atoms with van der Waals surface area (Å²) in [5.41, 5.74) is 2.03. The summed E-state index contributed by atoms with van der Waals surface area (Å²) in [6.45, 7) is 1.75. The number of oxazole rings is 2. The van der Waals surface area contributed by atoms with Crippen LogP contribution in [0.1, 0.15) is 18.2 Å². The lowest BCUT2D eigenvalue weighted by Crippen LogP contribution is -2.12. The van der Waals surface area contributed by atoms with Crippen LogP contribution in [0.25, 0.3) is 22.4 Å². The van der Waals surface area contributed by atoms with Crippen LogP contribution >= 0.6 is 0 Å². The number of fused-ring (bicyclic) bond motifs is 1. The van der Waals surface area contributed by atoms with Crippen molar-refractivity contribution in [2.45, 2.75) is 19.8 Å². The molecule has 0 fully saturated rings. The number of halogens is 2. The van der Waals surface area contributed by atoms with Gasteiger partial charge in [-0.15, -0.1) is 0 Å². The molecule has 0 spiro atoms. The fraction of sp³-hybridized carbons (Fsp3) is 0.150. The van der Waals surface area contributed by atoms with Gasteiger partial charge in [-0.2, -0.15) is 0 Å². The number of carbonyl (C=O) groups excluding carboxylic acids is 1. The molecule has 2 aromatic carbocycles. The maximum absolute atomic E-state index is 13.8. The number of hydrogen-bond donors (Lipinski definition) is 1. The molecule has 142 valence electrons. The van der Waals surface area contributed by atoms with E-state index in [2.05, 4.69) is 15.3 Å². The van der Waals surface area contributed by atoms with Crippen molar-refractivity contribution in [2.24, 2.45) is 0 Å². The van der Waals surface area contributed by atoms with Gasteiger partial charge in [-0.25, -0.2) is 18.7 Å². The highest BCUT2D eigenvalue weighted by molar-refractivity contribution is 5.92. The number of nitrogens with one attached hydrogen (secondary N) is 1. The van der Waals surface area contributed by atoms with Crippen LogP contribution in [0, 0.1) is 18.6 Å². The molecule has 0 aliphatic carbocycles. The third-order valence-corrected chi connectivity index (χ3v) is 4.09. The average molecular weight is 383 g/mol. The summed E-state index contributed by atoms with van der Waals surface area (Å²) in [4.78, 5) is 20.4. The largest absolute Gasteiger partial charge is 0.441 e. The minimum Gasteiger partial charge on any atom is -0.441 e. The Morgan fingerprint density at radius 2 is 2.00 bits per heavy atom. The van der Waals surface area contributed by atoms with Crippen LogP contribution in [0.5, 0.6) is 0 Å². The first-order valence-corrected chi connectivity index (χ1v) is 8.55. The molecule has 4 rings (SSSR count). The lowest BCUT2D eigenvalue weighted by molar-refractivity contribution is -0.116. The van der Waals surface area contributed by atoms with Crippen molar-refractivity contribution >= 4 is 22.7 Å².